The number of rotatable bonds is 3. The van der Waals surface area contributed by atoms with E-state index in [4.69, 9.17) is 12.2 Å². The Hall–Kier alpha value is -3.10. The predicted octanol–water partition coefficient (Wildman–Crippen LogP) is 3.60. The second-order valence-corrected chi connectivity index (χ2v) is 8.20. The van der Waals surface area contributed by atoms with Crippen LogP contribution in [0.3, 0.4) is 0 Å². The number of hydrogen-bond donors (Lipinski definition) is 1. The van der Waals surface area contributed by atoms with Crippen LogP contribution in [0.5, 0.6) is 5.75 Å². The van der Waals surface area contributed by atoms with Gasteiger partial charge in [-0.3, -0.25) is 19.2 Å². The van der Waals surface area contributed by atoms with Crippen LogP contribution in [-0.4, -0.2) is 24.7 Å². The number of aromatic nitrogens is 2. The van der Waals surface area contributed by atoms with Gasteiger partial charge < -0.3 is 5.11 Å². The third-order valence-corrected chi connectivity index (χ3v) is 6.01. The first-order valence-electron chi connectivity index (χ1n) is 8.79. The maximum atomic E-state index is 13.2. The van der Waals surface area contributed by atoms with Crippen molar-refractivity contribution in [2.45, 2.75) is 6.92 Å². The van der Waals surface area contributed by atoms with E-state index >= 15 is 0 Å². The molecule has 1 N–H and O–H groups in total. The van der Waals surface area contributed by atoms with Crippen LogP contribution in [0.1, 0.15) is 11.3 Å². The fourth-order valence-corrected chi connectivity index (χ4v) is 4.51. The van der Waals surface area contributed by atoms with Gasteiger partial charge in [0.25, 0.3) is 11.5 Å². The van der Waals surface area contributed by atoms with Gasteiger partial charge >= 0.3 is 0 Å². The van der Waals surface area contributed by atoms with Gasteiger partial charge in [-0.05, 0) is 42.8 Å². The number of amides is 1. The zero-order valence-corrected chi connectivity index (χ0v) is 17.3. The second kappa shape index (κ2) is 7.38. The molecule has 8 heteroatoms. The fourth-order valence-electron chi connectivity index (χ4n) is 3.24. The number of para-hydroxylation sites is 1. The lowest BCUT2D eigenvalue weighted by Gasteiger charge is -2.12. The first kappa shape index (κ1) is 19.2. The molecule has 1 amide bonds. The summed E-state index contributed by atoms with van der Waals surface area (Å²) < 4.78 is 3.53. The molecule has 29 heavy (non-hydrogen) atoms. The molecular weight excluding hydrogens is 406 g/mol. The largest absolute Gasteiger partial charge is 0.508 e. The lowest BCUT2D eigenvalue weighted by molar-refractivity contribution is -0.113. The minimum absolute atomic E-state index is 0.110. The highest BCUT2D eigenvalue weighted by molar-refractivity contribution is 8.27. The summed E-state index contributed by atoms with van der Waals surface area (Å²) in [5, 5.41) is 9.65. The Balaban J connectivity index is 1.79. The molecule has 4 rings (SSSR count). The van der Waals surface area contributed by atoms with Gasteiger partial charge in [0, 0.05) is 7.05 Å². The standard InChI is InChI=1S/C21H17N3O3S2/c1-13-18(20(27)24(22(13)2)15-8-4-3-5-9-15)23-19(26)17(29-21(23)28)12-14-7-6-10-16(25)11-14/h3-12,25H,1-2H3. The zero-order valence-electron chi connectivity index (χ0n) is 15.7. The Morgan fingerprint density at radius 2 is 1.79 bits per heavy atom. The van der Waals surface area contributed by atoms with Gasteiger partial charge in [-0.25, -0.2) is 4.68 Å². The summed E-state index contributed by atoms with van der Waals surface area (Å²) in [6.45, 7) is 1.79. The molecule has 1 aliphatic heterocycles. The van der Waals surface area contributed by atoms with Crippen LogP contribution in [0.2, 0.25) is 0 Å². The quantitative estimate of drug-likeness (QED) is 0.515. The van der Waals surface area contributed by atoms with Crippen molar-refractivity contribution in [3.8, 4) is 11.4 Å². The number of hydrogen-bond acceptors (Lipinski definition) is 5. The first-order valence-corrected chi connectivity index (χ1v) is 10.0. The second-order valence-electron chi connectivity index (χ2n) is 6.52. The summed E-state index contributed by atoms with van der Waals surface area (Å²) >= 11 is 6.56. The number of phenols is 1. The van der Waals surface area contributed by atoms with Gasteiger partial charge in [-0.2, -0.15) is 0 Å². The van der Waals surface area contributed by atoms with Crippen molar-refractivity contribution in [1.29, 1.82) is 0 Å². The number of benzene rings is 2. The van der Waals surface area contributed by atoms with E-state index in [0.29, 0.717) is 26.2 Å². The Bertz CT molecular complexity index is 1230. The molecule has 1 aromatic heterocycles. The summed E-state index contributed by atoms with van der Waals surface area (Å²) in [6, 6.07) is 15.8. The van der Waals surface area contributed by atoms with Gasteiger partial charge in [0.15, 0.2) is 4.32 Å². The Morgan fingerprint density at radius 1 is 1.07 bits per heavy atom. The van der Waals surface area contributed by atoms with Crippen molar-refractivity contribution in [2.24, 2.45) is 7.05 Å². The van der Waals surface area contributed by atoms with Crippen LogP contribution in [-0.2, 0) is 11.8 Å². The van der Waals surface area contributed by atoms with Crippen LogP contribution < -0.4 is 10.5 Å². The minimum atomic E-state index is -0.352. The summed E-state index contributed by atoms with van der Waals surface area (Å²) in [5.74, 6) is -0.242. The average molecular weight is 424 g/mol. The molecule has 0 spiro atoms. The number of aromatic hydroxyl groups is 1. The van der Waals surface area contributed by atoms with E-state index in [1.807, 2.05) is 30.3 Å². The van der Waals surface area contributed by atoms with Crippen LogP contribution in [0, 0.1) is 6.92 Å². The molecule has 1 aliphatic rings. The van der Waals surface area contributed by atoms with E-state index in [1.165, 1.54) is 9.58 Å². The average Bonchev–Trinajstić information content (AvgIpc) is 3.08. The fraction of sp³-hybridized carbons (Fsp3) is 0.0952. The molecule has 1 saturated heterocycles. The van der Waals surface area contributed by atoms with Crippen molar-refractivity contribution < 1.29 is 9.90 Å². The third kappa shape index (κ3) is 3.30. The SMILES string of the molecule is Cc1c(N2C(=O)C(=Cc3cccc(O)c3)SC2=S)c(=O)n(-c2ccccc2)n1C. The smallest absolute Gasteiger partial charge is 0.296 e. The van der Waals surface area contributed by atoms with Crippen LogP contribution in [0.4, 0.5) is 5.69 Å². The van der Waals surface area contributed by atoms with E-state index < -0.39 is 0 Å². The van der Waals surface area contributed by atoms with Crippen molar-refractivity contribution in [3.05, 3.63) is 81.1 Å². The lowest BCUT2D eigenvalue weighted by Crippen LogP contribution is -2.33. The Morgan fingerprint density at radius 3 is 2.48 bits per heavy atom. The molecule has 0 atom stereocenters. The van der Waals surface area contributed by atoms with Crippen molar-refractivity contribution in [3.63, 3.8) is 0 Å². The molecule has 2 heterocycles. The number of carbonyl (C=O) groups excluding carboxylic acids is 1. The molecule has 6 nitrogen and oxygen atoms in total. The predicted molar refractivity (Wildman–Crippen MR) is 120 cm³/mol. The summed E-state index contributed by atoms with van der Waals surface area (Å²) in [5.41, 5.74) is 1.95. The molecule has 0 unspecified atom stereocenters. The highest BCUT2D eigenvalue weighted by Crippen LogP contribution is 2.36. The monoisotopic (exact) mass is 423 g/mol. The Kier molecular flexibility index (Phi) is 4.89. The van der Waals surface area contributed by atoms with Gasteiger partial charge in [-0.15, -0.1) is 0 Å². The van der Waals surface area contributed by atoms with Crippen molar-refractivity contribution in [1.82, 2.24) is 9.36 Å². The molecule has 3 aromatic rings. The molecule has 0 saturated carbocycles. The zero-order chi connectivity index (χ0) is 20.7. The van der Waals surface area contributed by atoms with E-state index in [2.05, 4.69) is 0 Å². The number of thioether (sulfide) groups is 1. The molecule has 0 bridgehead atoms. The summed E-state index contributed by atoms with van der Waals surface area (Å²) in [6.07, 6.45) is 1.66. The van der Waals surface area contributed by atoms with Gasteiger partial charge in [-0.1, -0.05) is 54.3 Å². The number of carbonyl (C=O) groups is 1. The Labute approximate surface area is 176 Å². The van der Waals surface area contributed by atoms with Gasteiger partial charge in [0.05, 0.1) is 16.3 Å². The molecule has 2 aromatic carbocycles. The molecule has 0 aliphatic carbocycles. The van der Waals surface area contributed by atoms with E-state index in [-0.39, 0.29) is 22.9 Å². The van der Waals surface area contributed by atoms with E-state index in [9.17, 15) is 14.7 Å². The van der Waals surface area contributed by atoms with Crippen molar-refractivity contribution >= 4 is 46.0 Å². The van der Waals surface area contributed by atoms with E-state index in [1.54, 1.807) is 49.0 Å². The first-order chi connectivity index (χ1) is 13.9. The summed E-state index contributed by atoms with van der Waals surface area (Å²) in [7, 11) is 1.77. The highest BCUT2D eigenvalue weighted by Gasteiger charge is 2.37. The molecule has 146 valence electrons. The lowest BCUT2D eigenvalue weighted by atomic mass is 10.2. The number of thiocarbonyl (C=S) groups is 1. The van der Waals surface area contributed by atoms with E-state index in [0.717, 1.165) is 11.8 Å². The van der Waals surface area contributed by atoms with Crippen LogP contribution in [0.25, 0.3) is 11.8 Å². The molecular formula is C21H17N3O3S2. The third-order valence-electron chi connectivity index (χ3n) is 4.71. The van der Waals surface area contributed by atoms with Gasteiger partial charge in [0.2, 0.25) is 0 Å². The maximum Gasteiger partial charge on any atom is 0.296 e. The van der Waals surface area contributed by atoms with Crippen LogP contribution >= 0.6 is 24.0 Å². The van der Waals surface area contributed by atoms with Gasteiger partial charge in [0.1, 0.15) is 11.4 Å². The molecule has 0 radical (unpaired) electrons. The maximum absolute atomic E-state index is 13.2. The number of anilines is 1. The molecule has 1 fully saturated rings. The number of nitrogens with zero attached hydrogens (tertiary/aromatic N) is 3. The normalized spacial score (nSPS) is 15.5. The topological polar surface area (TPSA) is 67.5 Å². The minimum Gasteiger partial charge on any atom is -0.508 e. The van der Waals surface area contributed by atoms with Crippen molar-refractivity contribution in [2.75, 3.05) is 4.90 Å². The van der Waals surface area contributed by atoms with Crippen LogP contribution in [0.15, 0.2) is 64.3 Å². The summed E-state index contributed by atoms with van der Waals surface area (Å²) in [4.78, 5) is 28.0. The number of phenolic OH excluding ortho intramolecular Hbond substituents is 1. The highest BCUT2D eigenvalue weighted by atomic mass is 32.2.